The molecule has 0 unspecified atom stereocenters. The minimum Gasteiger partial charge on any atom is -0.366 e. The van der Waals surface area contributed by atoms with Crippen LogP contribution in [0.1, 0.15) is 31.1 Å². The number of halogens is 1. The Morgan fingerprint density at radius 1 is 1.53 bits per heavy atom. The van der Waals surface area contributed by atoms with Crippen molar-refractivity contribution in [3.8, 4) is 0 Å². The molecule has 0 amide bonds. The fourth-order valence-electron chi connectivity index (χ4n) is 2.21. The van der Waals surface area contributed by atoms with Gasteiger partial charge in [0.15, 0.2) is 0 Å². The molecular weight excluding hydrogens is 193 g/mol. The second kappa shape index (κ2) is 3.58. The largest absolute Gasteiger partial charge is 0.366 e. The molecule has 0 bridgehead atoms. The fourth-order valence-corrected chi connectivity index (χ4v) is 2.21. The summed E-state index contributed by atoms with van der Waals surface area (Å²) in [4.78, 5) is 0. The summed E-state index contributed by atoms with van der Waals surface area (Å²) in [6.07, 6.45) is 0.418. The van der Waals surface area contributed by atoms with Crippen LogP contribution in [0.5, 0.6) is 0 Å². The highest BCUT2D eigenvalue weighted by atomic mass is 19.1. The van der Waals surface area contributed by atoms with Gasteiger partial charge in [-0.2, -0.15) is 0 Å². The normalized spacial score (nSPS) is 23.6. The van der Waals surface area contributed by atoms with Gasteiger partial charge in [-0.3, -0.25) is 0 Å². The van der Waals surface area contributed by atoms with E-state index in [1.807, 2.05) is 19.9 Å². The molecule has 1 heterocycles. The third-order valence-corrected chi connectivity index (χ3v) is 2.76. The SMILES string of the molecule is CC1(C)Cc2cccc(F)c2[C@H](CN)O1. The smallest absolute Gasteiger partial charge is 0.129 e. The molecule has 3 heteroatoms. The van der Waals surface area contributed by atoms with Gasteiger partial charge in [0, 0.05) is 18.5 Å². The first-order chi connectivity index (χ1) is 7.03. The highest BCUT2D eigenvalue weighted by molar-refractivity contribution is 5.34. The fraction of sp³-hybridized carbons (Fsp3) is 0.500. The molecule has 0 spiro atoms. The zero-order chi connectivity index (χ0) is 11.1. The quantitative estimate of drug-likeness (QED) is 0.769. The molecule has 0 radical (unpaired) electrons. The monoisotopic (exact) mass is 209 g/mol. The van der Waals surface area contributed by atoms with Crippen molar-refractivity contribution in [1.29, 1.82) is 0 Å². The van der Waals surface area contributed by atoms with Gasteiger partial charge in [-0.05, 0) is 25.5 Å². The van der Waals surface area contributed by atoms with Crippen molar-refractivity contribution in [2.75, 3.05) is 6.54 Å². The second-order valence-corrected chi connectivity index (χ2v) is 4.59. The Morgan fingerprint density at radius 3 is 2.93 bits per heavy atom. The highest BCUT2D eigenvalue weighted by Crippen LogP contribution is 2.36. The summed E-state index contributed by atoms with van der Waals surface area (Å²) in [6.45, 7) is 4.32. The third-order valence-electron chi connectivity index (χ3n) is 2.76. The van der Waals surface area contributed by atoms with Gasteiger partial charge < -0.3 is 10.5 Å². The zero-order valence-corrected chi connectivity index (χ0v) is 9.09. The number of benzene rings is 1. The average molecular weight is 209 g/mol. The van der Waals surface area contributed by atoms with Crippen LogP contribution in [0.25, 0.3) is 0 Å². The van der Waals surface area contributed by atoms with Gasteiger partial charge >= 0.3 is 0 Å². The molecule has 1 aliphatic heterocycles. The molecule has 15 heavy (non-hydrogen) atoms. The van der Waals surface area contributed by atoms with Crippen LogP contribution in [-0.4, -0.2) is 12.1 Å². The van der Waals surface area contributed by atoms with Gasteiger partial charge in [-0.15, -0.1) is 0 Å². The van der Waals surface area contributed by atoms with E-state index in [4.69, 9.17) is 10.5 Å². The van der Waals surface area contributed by atoms with Crippen molar-refractivity contribution in [1.82, 2.24) is 0 Å². The van der Waals surface area contributed by atoms with Gasteiger partial charge in [0.1, 0.15) is 5.82 Å². The summed E-state index contributed by atoms with van der Waals surface area (Å²) < 4.78 is 19.4. The van der Waals surface area contributed by atoms with E-state index < -0.39 is 0 Å². The van der Waals surface area contributed by atoms with Crippen molar-refractivity contribution >= 4 is 0 Å². The predicted octanol–water partition coefficient (Wildman–Crippen LogP) is 2.18. The van der Waals surface area contributed by atoms with Gasteiger partial charge in [-0.1, -0.05) is 12.1 Å². The lowest BCUT2D eigenvalue weighted by atomic mass is 9.88. The molecule has 82 valence electrons. The lowest BCUT2D eigenvalue weighted by Crippen LogP contribution is -2.37. The van der Waals surface area contributed by atoms with E-state index in [2.05, 4.69) is 0 Å². The first kappa shape index (κ1) is 10.6. The molecule has 2 N–H and O–H groups in total. The van der Waals surface area contributed by atoms with Crippen LogP contribution in [0.15, 0.2) is 18.2 Å². The van der Waals surface area contributed by atoms with Gasteiger partial charge in [0.25, 0.3) is 0 Å². The van der Waals surface area contributed by atoms with Crippen LogP contribution in [0.4, 0.5) is 4.39 Å². The Kier molecular flexibility index (Phi) is 2.52. The van der Waals surface area contributed by atoms with Crippen molar-refractivity contribution in [2.24, 2.45) is 5.73 Å². The van der Waals surface area contributed by atoms with Crippen molar-refractivity contribution in [3.05, 3.63) is 35.1 Å². The van der Waals surface area contributed by atoms with Crippen LogP contribution in [0, 0.1) is 5.82 Å². The van der Waals surface area contributed by atoms with E-state index in [1.165, 1.54) is 6.07 Å². The summed E-state index contributed by atoms with van der Waals surface area (Å²) in [5.74, 6) is -0.210. The van der Waals surface area contributed by atoms with Gasteiger partial charge in [-0.25, -0.2) is 4.39 Å². The van der Waals surface area contributed by atoms with Crippen molar-refractivity contribution < 1.29 is 9.13 Å². The minimum atomic E-state index is -0.315. The molecular formula is C12H16FNO. The summed E-state index contributed by atoms with van der Waals surface area (Å²) in [5, 5.41) is 0. The van der Waals surface area contributed by atoms with Crippen molar-refractivity contribution in [2.45, 2.75) is 32.0 Å². The van der Waals surface area contributed by atoms with E-state index in [-0.39, 0.29) is 17.5 Å². The highest BCUT2D eigenvalue weighted by Gasteiger charge is 2.33. The Hall–Kier alpha value is -0.930. The molecule has 0 aromatic heterocycles. The van der Waals surface area contributed by atoms with Crippen LogP contribution in [-0.2, 0) is 11.2 Å². The number of nitrogens with two attached hydrogens (primary N) is 1. The average Bonchev–Trinajstić information content (AvgIpc) is 2.15. The van der Waals surface area contributed by atoms with Gasteiger partial charge in [0.2, 0.25) is 0 Å². The minimum absolute atomic E-state index is 0.210. The predicted molar refractivity (Wildman–Crippen MR) is 57.1 cm³/mol. The van der Waals surface area contributed by atoms with E-state index in [0.717, 1.165) is 12.0 Å². The Morgan fingerprint density at radius 2 is 2.27 bits per heavy atom. The molecule has 1 atom stereocenters. The standard InChI is InChI=1S/C12H16FNO/c1-12(2)6-8-4-3-5-9(13)11(8)10(7-14)15-12/h3-5,10H,6-7,14H2,1-2H3/t10-/m0/s1. The lowest BCUT2D eigenvalue weighted by molar-refractivity contribution is -0.0819. The number of hydrogen-bond acceptors (Lipinski definition) is 2. The van der Waals surface area contributed by atoms with Crippen LogP contribution >= 0.6 is 0 Å². The van der Waals surface area contributed by atoms with Crippen LogP contribution in [0.2, 0.25) is 0 Å². The first-order valence-electron chi connectivity index (χ1n) is 5.19. The van der Waals surface area contributed by atoms with E-state index in [9.17, 15) is 4.39 Å². The van der Waals surface area contributed by atoms with E-state index in [0.29, 0.717) is 12.1 Å². The molecule has 1 aromatic rings. The summed E-state index contributed by atoms with van der Waals surface area (Å²) in [5.41, 5.74) is 7.01. The molecule has 2 rings (SSSR count). The number of fused-ring (bicyclic) bond motifs is 1. The number of hydrogen-bond donors (Lipinski definition) is 1. The Bertz CT molecular complexity index is 376. The summed E-state index contributed by atoms with van der Waals surface area (Å²) >= 11 is 0. The molecule has 2 nitrogen and oxygen atoms in total. The number of rotatable bonds is 1. The summed E-state index contributed by atoms with van der Waals surface area (Å²) in [7, 11) is 0. The lowest BCUT2D eigenvalue weighted by Gasteiger charge is -2.37. The maximum absolute atomic E-state index is 13.6. The topological polar surface area (TPSA) is 35.2 Å². The first-order valence-corrected chi connectivity index (χ1v) is 5.19. The molecule has 1 aliphatic rings. The van der Waals surface area contributed by atoms with E-state index >= 15 is 0 Å². The summed E-state index contributed by atoms with van der Waals surface area (Å²) in [6, 6.07) is 5.15. The zero-order valence-electron chi connectivity index (χ0n) is 9.09. The van der Waals surface area contributed by atoms with Crippen LogP contribution < -0.4 is 5.73 Å². The maximum Gasteiger partial charge on any atom is 0.129 e. The Balaban J connectivity index is 2.49. The molecule has 1 aromatic carbocycles. The molecule has 0 saturated heterocycles. The molecule has 0 aliphatic carbocycles. The maximum atomic E-state index is 13.6. The van der Waals surface area contributed by atoms with Crippen LogP contribution in [0.3, 0.4) is 0 Å². The molecule has 0 saturated carbocycles. The Labute approximate surface area is 89.2 Å². The number of ether oxygens (including phenoxy) is 1. The molecule has 0 fully saturated rings. The van der Waals surface area contributed by atoms with E-state index in [1.54, 1.807) is 6.07 Å². The third kappa shape index (κ3) is 1.90. The second-order valence-electron chi connectivity index (χ2n) is 4.59. The van der Waals surface area contributed by atoms with Crippen molar-refractivity contribution in [3.63, 3.8) is 0 Å². The van der Waals surface area contributed by atoms with Gasteiger partial charge in [0.05, 0.1) is 11.7 Å².